The van der Waals surface area contributed by atoms with Crippen molar-refractivity contribution < 1.29 is 9.90 Å². The number of aromatic nitrogens is 2. The Morgan fingerprint density at radius 2 is 2.10 bits per heavy atom. The van der Waals surface area contributed by atoms with E-state index in [2.05, 4.69) is 15.3 Å². The molecule has 0 aliphatic carbocycles. The zero-order valence-corrected chi connectivity index (χ0v) is 12.7. The molecule has 6 nitrogen and oxygen atoms in total. The maximum Gasteiger partial charge on any atom is 0.240 e. The van der Waals surface area contributed by atoms with Crippen molar-refractivity contribution in [3.8, 4) is 0 Å². The third-order valence-electron chi connectivity index (χ3n) is 4.21. The first-order valence-corrected chi connectivity index (χ1v) is 7.05. The number of nitrogens with one attached hydrogen (secondary N) is 1. The van der Waals surface area contributed by atoms with Crippen molar-refractivity contribution in [2.45, 2.75) is 46.3 Å². The van der Waals surface area contributed by atoms with Gasteiger partial charge < -0.3 is 10.4 Å². The summed E-state index contributed by atoms with van der Waals surface area (Å²) in [6.45, 7) is 10.7. The standard InChI is InChI=1S/C14H24N4O2/c1-10-12(11(2)18(16-10)7-8-19)9-17-6-5-15-13(20)14(17,3)4/h19H,5-9H2,1-4H3,(H,15,20). The lowest BCUT2D eigenvalue weighted by atomic mass is 9.97. The maximum atomic E-state index is 12.0. The summed E-state index contributed by atoms with van der Waals surface area (Å²) in [5, 5.41) is 16.4. The highest BCUT2D eigenvalue weighted by atomic mass is 16.3. The lowest BCUT2D eigenvalue weighted by molar-refractivity contribution is -0.135. The molecule has 2 N–H and O–H groups in total. The molecule has 0 bridgehead atoms. The quantitative estimate of drug-likeness (QED) is 0.827. The van der Waals surface area contributed by atoms with E-state index in [1.54, 1.807) is 0 Å². The second kappa shape index (κ2) is 5.54. The van der Waals surface area contributed by atoms with Gasteiger partial charge in [0.05, 0.1) is 24.4 Å². The fourth-order valence-corrected chi connectivity index (χ4v) is 2.69. The van der Waals surface area contributed by atoms with Gasteiger partial charge in [0.25, 0.3) is 0 Å². The molecular weight excluding hydrogens is 256 g/mol. The van der Waals surface area contributed by atoms with Crippen LogP contribution >= 0.6 is 0 Å². The number of aliphatic hydroxyl groups excluding tert-OH is 1. The molecular formula is C14H24N4O2. The van der Waals surface area contributed by atoms with Crippen molar-refractivity contribution in [3.05, 3.63) is 17.0 Å². The molecule has 1 aliphatic heterocycles. The Hall–Kier alpha value is -1.40. The lowest BCUT2D eigenvalue weighted by Gasteiger charge is -2.41. The molecule has 0 radical (unpaired) electrons. The van der Waals surface area contributed by atoms with E-state index >= 15 is 0 Å². The normalized spacial score (nSPS) is 19.1. The average Bonchev–Trinajstić information content (AvgIpc) is 2.63. The first-order valence-electron chi connectivity index (χ1n) is 7.05. The Balaban J connectivity index is 2.23. The molecule has 20 heavy (non-hydrogen) atoms. The number of rotatable bonds is 4. The zero-order valence-electron chi connectivity index (χ0n) is 12.7. The van der Waals surface area contributed by atoms with Gasteiger partial charge in [0, 0.05) is 30.9 Å². The van der Waals surface area contributed by atoms with Gasteiger partial charge in [-0.2, -0.15) is 5.10 Å². The first kappa shape index (κ1) is 15.0. The summed E-state index contributed by atoms with van der Waals surface area (Å²) in [7, 11) is 0. The van der Waals surface area contributed by atoms with Gasteiger partial charge in [0.1, 0.15) is 0 Å². The van der Waals surface area contributed by atoms with Crippen LogP contribution in [-0.2, 0) is 17.9 Å². The number of carbonyl (C=O) groups is 1. The summed E-state index contributed by atoms with van der Waals surface area (Å²) in [5.74, 6) is 0.0711. The number of hydrogen-bond acceptors (Lipinski definition) is 4. The molecule has 0 aromatic carbocycles. The molecule has 2 rings (SSSR count). The fraction of sp³-hybridized carbons (Fsp3) is 0.714. The van der Waals surface area contributed by atoms with Gasteiger partial charge in [0.2, 0.25) is 5.91 Å². The van der Waals surface area contributed by atoms with E-state index in [1.165, 1.54) is 0 Å². The number of aliphatic hydroxyl groups is 1. The number of nitrogens with zero attached hydrogens (tertiary/aromatic N) is 3. The molecule has 1 saturated heterocycles. The molecule has 6 heteroatoms. The van der Waals surface area contributed by atoms with Gasteiger partial charge in [-0.05, 0) is 27.7 Å². The molecule has 0 spiro atoms. The minimum atomic E-state index is -0.504. The largest absolute Gasteiger partial charge is 0.394 e. The van der Waals surface area contributed by atoms with Crippen LogP contribution in [0.15, 0.2) is 0 Å². The molecule has 0 saturated carbocycles. The second-order valence-electron chi connectivity index (χ2n) is 5.83. The minimum Gasteiger partial charge on any atom is -0.394 e. The third kappa shape index (κ3) is 2.58. The van der Waals surface area contributed by atoms with Crippen LogP contribution in [0.2, 0.25) is 0 Å². The molecule has 1 aromatic heterocycles. The van der Waals surface area contributed by atoms with Gasteiger partial charge in [-0.1, -0.05) is 0 Å². The highest BCUT2D eigenvalue weighted by molar-refractivity contribution is 5.86. The predicted molar refractivity (Wildman–Crippen MR) is 76.3 cm³/mol. The molecule has 1 aromatic rings. The number of carbonyl (C=O) groups excluding carboxylic acids is 1. The second-order valence-corrected chi connectivity index (χ2v) is 5.83. The van der Waals surface area contributed by atoms with E-state index in [0.29, 0.717) is 19.6 Å². The van der Waals surface area contributed by atoms with E-state index in [9.17, 15) is 4.79 Å². The van der Waals surface area contributed by atoms with Gasteiger partial charge in [-0.25, -0.2) is 0 Å². The smallest absolute Gasteiger partial charge is 0.240 e. The van der Waals surface area contributed by atoms with Gasteiger partial charge in [0.15, 0.2) is 0 Å². The summed E-state index contributed by atoms with van der Waals surface area (Å²) in [6, 6.07) is 0. The summed E-state index contributed by atoms with van der Waals surface area (Å²) >= 11 is 0. The van der Waals surface area contributed by atoms with Crippen LogP contribution in [0, 0.1) is 13.8 Å². The van der Waals surface area contributed by atoms with Gasteiger partial charge in [-0.15, -0.1) is 0 Å². The van der Waals surface area contributed by atoms with Crippen LogP contribution in [-0.4, -0.2) is 50.9 Å². The Morgan fingerprint density at radius 1 is 1.40 bits per heavy atom. The fourth-order valence-electron chi connectivity index (χ4n) is 2.69. The van der Waals surface area contributed by atoms with Crippen molar-refractivity contribution in [3.63, 3.8) is 0 Å². The van der Waals surface area contributed by atoms with E-state index in [1.807, 2.05) is 32.4 Å². The summed E-state index contributed by atoms with van der Waals surface area (Å²) in [5.41, 5.74) is 2.69. The number of aryl methyl sites for hydroxylation is 1. The van der Waals surface area contributed by atoms with Crippen molar-refractivity contribution in [1.29, 1.82) is 0 Å². The third-order valence-corrected chi connectivity index (χ3v) is 4.21. The lowest BCUT2D eigenvalue weighted by Crippen LogP contribution is -2.61. The van der Waals surface area contributed by atoms with E-state index in [0.717, 1.165) is 23.5 Å². The zero-order chi connectivity index (χ0) is 14.9. The van der Waals surface area contributed by atoms with Crippen LogP contribution < -0.4 is 5.32 Å². The number of hydrogen-bond donors (Lipinski definition) is 2. The molecule has 1 aliphatic rings. The Morgan fingerprint density at radius 3 is 2.75 bits per heavy atom. The van der Waals surface area contributed by atoms with Gasteiger partial charge >= 0.3 is 0 Å². The number of piperazine rings is 1. The van der Waals surface area contributed by atoms with Gasteiger partial charge in [-0.3, -0.25) is 14.4 Å². The van der Waals surface area contributed by atoms with Crippen LogP contribution in [0.5, 0.6) is 0 Å². The summed E-state index contributed by atoms with van der Waals surface area (Å²) < 4.78 is 1.84. The molecule has 0 atom stereocenters. The SMILES string of the molecule is Cc1nn(CCO)c(C)c1CN1CCNC(=O)C1(C)C. The minimum absolute atomic E-state index is 0.0711. The molecule has 0 unspecified atom stereocenters. The monoisotopic (exact) mass is 280 g/mol. The van der Waals surface area contributed by atoms with Crippen molar-refractivity contribution in [2.24, 2.45) is 0 Å². The van der Waals surface area contributed by atoms with Crippen molar-refractivity contribution >= 4 is 5.91 Å². The highest BCUT2D eigenvalue weighted by Crippen LogP contribution is 2.23. The van der Waals surface area contributed by atoms with E-state index in [-0.39, 0.29) is 12.5 Å². The van der Waals surface area contributed by atoms with Crippen molar-refractivity contribution in [2.75, 3.05) is 19.7 Å². The summed E-state index contributed by atoms with van der Waals surface area (Å²) in [4.78, 5) is 14.2. The Kier molecular flexibility index (Phi) is 4.15. The van der Waals surface area contributed by atoms with Crippen LogP contribution in [0.25, 0.3) is 0 Å². The summed E-state index contributed by atoms with van der Waals surface area (Å²) in [6.07, 6.45) is 0. The number of amides is 1. The maximum absolute atomic E-state index is 12.0. The molecule has 112 valence electrons. The van der Waals surface area contributed by atoms with Crippen molar-refractivity contribution in [1.82, 2.24) is 20.0 Å². The van der Waals surface area contributed by atoms with Crippen LogP contribution in [0.4, 0.5) is 0 Å². The highest BCUT2D eigenvalue weighted by Gasteiger charge is 2.38. The Labute approximate surface area is 119 Å². The van der Waals surface area contributed by atoms with Crippen LogP contribution in [0.1, 0.15) is 30.8 Å². The van der Waals surface area contributed by atoms with Crippen LogP contribution in [0.3, 0.4) is 0 Å². The first-order chi connectivity index (χ1) is 9.37. The van der Waals surface area contributed by atoms with E-state index in [4.69, 9.17) is 5.11 Å². The van der Waals surface area contributed by atoms with E-state index < -0.39 is 5.54 Å². The average molecular weight is 280 g/mol. The topological polar surface area (TPSA) is 70.4 Å². The predicted octanol–water partition coefficient (Wildman–Crippen LogP) is 0.203. The molecule has 1 fully saturated rings. The molecule has 2 heterocycles. The Bertz CT molecular complexity index is 508. The molecule has 1 amide bonds.